The second kappa shape index (κ2) is 5.71. The van der Waals surface area contributed by atoms with Gasteiger partial charge in [0.1, 0.15) is 9.84 Å². The van der Waals surface area contributed by atoms with Crippen molar-refractivity contribution in [1.82, 2.24) is 0 Å². The average Bonchev–Trinajstić information content (AvgIpc) is 2.15. The zero-order chi connectivity index (χ0) is 13.1. The van der Waals surface area contributed by atoms with Crippen molar-refractivity contribution in [2.75, 3.05) is 17.7 Å². The molecule has 0 aliphatic rings. The summed E-state index contributed by atoms with van der Waals surface area (Å²) in [6.07, 6.45) is 1.19. The average molecular weight is 278 g/mol. The van der Waals surface area contributed by atoms with E-state index in [0.29, 0.717) is 29.1 Å². The highest BCUT2D eigenvalue weighted by atomic mass is 35.5. The van der Waals surface area contributed by atoms with Gasteiger partial charge in [0.05, 0.1) is 6.10 Å². The van der Waals surface area contributed by atoms with Crippen LogP contribution in [0.5, 0.6) is 0 Å². The fourth-order valence-electron chi connectivity index (χ4n) is 1.54. The Morgan fingerprint density at radius 1 is 1.47 bits per heavy atom. The molecule has 0 fully saturated rings. The van der Waals surface area contributed by atoms with Gasteiger partial charge >= 0.3 is 0 Å². The predicted octanol–water partition coefficient (Wildman–Crippen LogP) is 1.78. The number of hydrogen-bond donors (Lipinski definition) is 2. The maximum absolute atomic E-state index is 10.9. The highest BCUT2D eigenvalue weighted by molar-refractivity contribution is 7.90. The highest BCUT2D eigenvalue weighted by Crippen LogP contribution is 2.26. The third-order valence-electron chi connectivity index (χ3n) is 2.40. The summed E-state index contributed by atoms with van der Waals surface area (Å²) >= 11 is 5.74. The number of aliphatic hydroxyl groups is 1. The SMILES string of the molecule is CS(=O)(=O)CCCC(O)c1ccc(Cl)cc1N. The first kappa shape index (κ1) is 14.3. The summed E-state index contributed by atoms with van der Waals surface area (Å²) < 4.78 is 21.9. The minimum atomic E-state index is -2.98. The van der Waals surface area contributed by atoms with Crippen LogP contribution in [-0.2, 0) is 9.84 Å². The lowest BCUT2D eigenvalue weighted by Gasteiger charge is -2.13. The topological polar surface area (TPSA) is 80.4 Å². The second-order valence-corrected chi connectivity index (χ2v) is 6.76. The van der Waals surface area contributed by atoms with E-state index in [9.17, 15) is 13.5 Å². The summed E-state index contributed by atoms with van der Waals surface area (Å²) in [6, 6.07) is 4.87. The molecule has 0 spiro atoms. The van der Waals surface area contributed by atoms with E-state index in [0.717, 1.165) is 0 Å². The van der Waals surface area contributed by atoms with Crippen LogP contribution in [0.25, 0.3) is 0 Å². The van der Waals surface area contributed by atoms with Gasteiger partial charge in [0.25, 0.3) is 0 Å². The maximum Gasteiger partial charge on any atom is 0.147 e. The highest BCUT2D eigenvalue weighted by Gasteiger charge is 2.12. The first-order valence-electron chi connectivity index (χ1n) is 5.20. The molecule has 0 aliphatic carbocycles. The van der Waals surface area contributed by atoms with Crippen molar-refractivity contribution >= 4 is 27.1 Å². The van der Waals surface area contributed by atoms with Crippen LogP contribution in [0.2, 0.25) is 5.02 Å². The van der Waals surface area contributed by atoms with Crippen molar-refractivity contribution in [3.8, 4) is 0 Å². The van der Waals surface area contributed by atoms with E-state index >= 15 is 0 Å². The molecule has 0 heterocycles. The van der Waals surface area contributed by atoms with Gasteiger partial charge in [-0.2, -0.15) is 0 Å². The number of benzene rings is 1. The summed E-state index contributed by atoms with van der Waals surface area (Å²) in [5.74, 6) is 0.0670. The number of nitrogen functional groups attached to an aromatic ring is 1. The molecule has 6 heteroatoms. The van der Waals surface area contributed by atoms with Gasteiger partial charge in [-0.3, -0.25) is 0 Å². The molecule has 17 heavy (non-hydrogen) atoms. The lowest BCUT2D eigenvalue weighted by molar-refractivity contribution is 0.167. The Bertz CT molecular complexity index is 487. The molecular weight excluding hydrogens is 262 g/mol. The fraction of sp³-hybridized carbons (Fsp3) is 0.455. The van der Waals surface area contributed by atoms with Crippen LogP contribution in [-0.4, -0.2) is 25.5 Å². The Hall–Kier alpha value is -0.780. The van der Waals surface area contributed by atoms with Crippen molar-refractivity contribution in [2.24, 2.45) is 0 Å². The van der Waals surface area contributed by atoms with Crippen molar-refractivity contribution in [1.29, 1.82) is 0 Å². The predicted molar refractivity (Wildman–Crippen MR) is 69.8 cm³/mol. The number of anilines is 1. The number of aliphatic hydroxyl groups excluding tert-OH is 1. The summed E-state index contributed by atoms with van der Waals surface area (Å²) in [5, 5.41) is 10.4. The van der Waals surface area contributed by atoms with Crippen molar-refractivity contribution in [3.63, 3.8) is 0 Å². The van der Waals surface area contributed by atoms with E-state index in [-0.39, 0.29) is 5.75 Å². The first-order chi connectivity index (χ1) is 7.79. The van der Waals surface area contributed by atoms with Crippen LogP contribution >= 0.6 is 11.6 Å². The van der Waals surface area contributed by atoms with E-state index in [1.807, 2.05) is 0 Å². The standard InChI is InChI=1S/C11H16ClNO3S/c1-17(15,16)6-2-3-11(14)9-5-4-8(12)7-10(9)13/h4-5,7,11,14H,2-3,6,13H2,1H3. The Morgan fingerprint density at radius 3 is 2.65 bits per heavy atom. The Labute approximate surface area is 106 Å². The Balaban J connectivity index is 2.61. The molecule has 1 rings (SSSR count). The Morgan fingerprint density at radius 2 is 2.12 bits per heavy atom. The van der Waals surface area contributed by atoms with Gasteiger partial charge in [-0.05, 0) is 25.0 Å². The number of halogens is 1. The number of sulfone groups is 1. The third-order valence-corrected chi connectivity index (χ3v) is 3.67. The van der Waals surface area contributed by atoms with Crippen LogP contribution in [0.1, 0.15) is 24.5 Å². The van der Waals surface area contributed by atoms with E-state index in [1.54, 1.807) is 18.2 Å². The molecule has 96 valence electrons. The fourth-order valence-corrected chi connectivity index (χ4v) is 2.42. The zero-order valence-electron chi connectivity index (χ0n) is 9.56. The van der Waals surface area contributed by atoms with Crippen LogP contribution in [0, 0.1) is 0 Å². The van der Waals surface area contributed by atoms with Gasteiger partial charge in [-0.15, -0.1) is 0 Å². The normalized spacial score (nSPS) is 13.6. The molecule has 0 bridgehead atoms. The molecule has 3 N–H and O–H groups in total. The third kappa shape index (κ3) is 4.93. The molecule has 1 aromatic rings. The number of rotatable bonds is 5. The van der Waals surface area contributed by atoms with Gasteiger partial charge in [0.2, 0.25) is 0 Å². The molecule has 4 nitrogen and oxygen atoms in total. The minimum absolute atomic E-state index is 0.0670. The smallest absolute Gasteiger partial charge is 0.147 e. The molecule has 0 saturated carbocycles. The van der Waals surface area contributed by atoms with Crippen LogP contribution in [0.3, 0.4) is 0 Å². The van der Waals surface area contributed by atoms with Crippen molar-refractivity contribution in [2.45, 2.75) is 18.9 Å². The molecule has 0 radical (unpaired) electrons. The van der Waals surface area contributed by atoms with Crippen molar-refractivity contribution < 1.29 is 13.5 Å². The van der Waals surface area contributed by atoms with E-state index in [2.05, 4.69) is 0 Å². The van der Waals surface area contributed by atoms with Crippen molar-refractivity contribution in [3.05, 3.63) is 28.8 Å². The van der Waals surface area contributed by atoms with Gasteiger partial charge in [-0.1, -0.05) is 17.7 Å². The molecule has 0 amide bonds. The zero-order valence-corrected chi connectivity index (χ0v) is 11.1. The molecule has 1 aromatic carbocycles. The van der Waals surface area contributed by atoms with Crippen LogP contribution in [0.15, 0.2) is 18.2 Å². The van der Waals surface area contributed by atoms with Crippen LogP contribution in [0.4, 0.5) is 5.69 Å². The summed E-state index contributed by atoms with van der Waals surface area (Å²) in [6.45, 7) is 0. The lowest BCUT2D eigenvalue weighted by atomic mass is 10.0. The monoisotopic (exact) mass is 277 g/mol. The van der Waals surface area contributed by atoms with Gasteiger partial charge in [-0.25, -0.2) is 8.42 Å². The Kier molecular flexibility index (Phi) is 4.80. The van der Waals surface area contributed by atoms with Gasteiger partial charge < -0.3 is 10.8 Å². The van der Waals surface area contributed by atoms with Crippen LogP contribution < -0.4 is 5.73 Å². The summed E-state index contributed by atoms with van der Waals surface area (Å²) in [4.78, 5) is 0. The van der Waals surface area contributed by atoms with E-state index in [1.165, 1.54) is 6.26 Å². The van der Waals surface area contributed by atoms with Gasteiger partial charge in [0, 0.05) is 28.3 Å². The summed E-state index contributed by atoms with van der Waals surface area (Å²) in [5.41, 5.74) is 6.72. The second-order valence-electron chi connectivity index (χ2n) is 4.06. The minimum Gasteiger partial charge on any atom is -0.398 e. The summed E-state index contributed by atoms with van der Waals surface area (Å²) in [7, 11) is -2.98. The molecule has 0 aliphatic heterocycles. The number of nitrogens with two attached hydrogens (primary N) is 1. The largest absolute Gasteiger partial charge is 0.398 e. The molecule has 0 saturated heterocycles. The maximum atomic E-state index is 10.9. The molecule has 1 atom stereocenters. The quantitative estimate of drug-likeness (QED) is 0.804. The molecule has 1 unspecified atom stereocenters. The van der Waals surface area contributed by atoms with E-state index < -0.39 is 15.9 Å². The molecular formula is C11H16ClNO3S. The lowest BCUT2D eigenvalue weighted by Crippen LogP contribution is -2.07. The van der Waals surface area contributed by atoms with Gasteiger partial charge in [0.15, 0.2) is 0 Å². The molecule has 0 aromatic heterocycles. The first-order valence-corrected chi connectivity index (χ1v) is 7.64. The van der Waals surface area contributed by atoms with E-state index in [4.69, 9.17) is 17.3 Å². The number of hydrogen-bond acceptors (Lipinski definition) is 4.